The number of carboxylic acid groups (broad SMARTS) is 1. The molecule has 2 N–H and O–H groups in total. The number of nitrogens with zero attached hydrogens (tertiary/aromatic N) is 3. The zero-order valence-corrected chi connectivity index (χ0v) is 15.7. The van der Waals surface area contributed by atoms with Crippen LogP contribution in [0.2, 0.25) is 0 Å². The number of hydrogen-bond acceptors (Lipinski definition) is 5. The van der Waals surface area contributed by atoms with E-state index in [4.69, 9.17) is 5.11 Å². The number of carboxylic acids is 1. The van der Waals surface area contributed by atoms with E-state index in [0.717, 1.165) is 39.7 Å². The van der Waals surface area contributed by atoms with E-state index >= 15 is 0 Å². The largest absolute Gasteiger partial charge is 0.481 e. The summed E-state index contributed by atoms with van der Waals surface area (Å²) < 4.78 is 0. The van der Waals surface area contributed by atoms with Crippen LogP contribution in [-0.2, 0) is 4.79 Å². The van der Waals surface area contributed by atoms with E-state index in [1.54, 1.807) is 0 Å². The maximum absolute atomic E-state index is 10.7. The first-order valence-electron chi connectivity index (χ1n) is 8.09. The first kappa shape index (κ1) is 18.0. The van der Waals surface area contributed by atoms with Gasteiger partial charge in [0.05, 0.1) is 5.75 Å². The normalized spacial score (nSPS) is 10.7. The molecule has 0 saturated heterocycles. The SMILES string of the molecule is Cc1cc(-c2ccc(N(C)C)cc2)cc(-c2nnc(SCC(=O)O)[nH]2)c1. The van der Waals surface area contributed by atoms with E-state index in [1.807, 2.05) is 27.1 Å². The molecule has 2 aromatic carbocycles. The quantitative estimate of drug-likeness (QED) is 0.646. The number of rotatable bonds is 6. The summed E-state index contributed by atoms with van der Waals surface area (Å²) in [5.41, 5.74) is 5.41. The maximum atomic E-state index is 10.7. The topological polar surface area (TPSA) is 82.1 Å². The highest BCUT2D eigenvalue weighted by molar-refractivity contribution is 7.99. The molecule has 0 bridgehead atoms. The number of benzene rings is 2. The molecule has 3 rings (SSSR count). The Bertz CT molecular complexity index is 920. The second-order valence-corrected chi connectivity index (χ2v) is 7.15. The molecule has 0 aliphatic rings. The minimum atomic E-state index is -0.882. The van der Waals surface area contributed by atoms with Crippen LogP contribution in [0.25, 0.3) is 22.5 Å². The lowest BCUT2D eigenvalue weighted by atomic mass is 9.99. The number of nitrogens with one attached hydrogen (secondary N) is 1. The van der Waals surface area contributed by atoms with Gasteiger partial charge >= 0.3 is 5.97 Å². The predicted molar refractivity (Wildman–Crippen MR) is 105 cm³/mol. The fraction of sp³-hybridized carbons (Fsp3) is 0.211. The molecule has 3 aromatic rings. The van der Waals surface area contributed by atoms with Gasteiger partial charge in [0.25, 0.3) is 0 Å². The number of H-pyrrole nitrogens is 1. The van der Waals surface area contributed by atoms with Gasteiger partial charge in [-0.05, 0) is 47.9 Å². The number of aliphatic carboxylic acids is 1. The molecule has 0 aliphatic carbocycles. The summed E-state index contributed by atoms with van der Waals surface area (Å²) in [5.74, 6) is -0.300. The van der Waals surface area contributed by atoms with Crippen LogP contribution in [-0.4, -0.2) is 46.1 Å². The van der Waals surface area contributed by atoms with Crippen LogP contribution in [0.5, 0.6) is 0 Å². The molecule has 0 unspecified atom stereocenters. The Kier molecular flexibility index (Phi) is 5.27. The van der Waals surface area contributed by atoms with E-state index in [-0.39, 0.29) is 5.75 Å². The molecule has 26 heavy (non-hydrogen) atoms. The number of aromatic amines is 1. The van der Waals surface area contributed by atoms with Gasteiger partial charge in [-0.1, -0.05) is 30.0 Å². The molecule has 134 valence electrons. The summed E-state index contributed by atoms with van der Waals surface area (Å²) >= 11 is 1.12. The van der Waals surface area contributed by atoms with Crippen LogP contribution < -0.4 is 4.90 Å². The first-order chi connectivity index (χ1) is 12.4. The predicted octanol–water partition coefficient (Wildman–Crippen LogP) is 3.69. The van der Waals surface area contributed by atoms with Gasteiger partial charge in [0.1, 0.15) is 0 Å². The Balaban J connectivity index is 1.89. The molecular weight excluding hydrogens is 348 g/mol. The molecule has 7 heteroatoms. The second kappa shape index (κ2) is 7.61. The second-order valence-electron chi connectivity index (χ2n) is 6.19. The number of aromatic nitrogens is 3. The summed E-state index contributed by atoms with van der Waals surface area (Å²) in [5, 5.41) is 17.4. The lowest BCUT2D eigenvalue weighted by Gasteiger charge is -2.13. The summed E-state index contributed by atoms with van der Waals surface area (Å²) in [4.78, 5) is 15.8. The molecule has 6 nitrogen and oxygen atoms in total. The van der Waals surface area contributed by atoms with Gasteiger partial charge in [0, 0.05) is 25.3 Å². The van der Waals surface area contributed by atoms with Crippen molar-refractivity contribution in [3.8, 4) is 22.5 Å². The third-order valence-corrected chi connectivity index (χ3v) is 4.71. The van der Waals surface area contributed by atoms with Crippen molar-refractivity contribution in [2.75, 3.05) is 24.7 Å². The average molecular weight is 368 g/mol. The average Bonchev–Trinajstić information content (AvgIpc) is 3.08. The molecule has 1 aromatic heterocycles. The highest BCUT2D eigenvalue weighted by atomic mass is 32.2. The molecule has 0 saturated carbocycles. The Morgan fingerprint density at radius 3 is 2.42 bits per heavy atom. The van der Waals surface area contributed by atoms with E-state index < -0.39 is 5.97 Å². The smallest absolute Gasteiger partial charge is 0.313 e. The van der Waals surface area contributed by atoms with E-state index in [2.05, 4.69) is 56.5 Å². The van der Waals surface area contributed by atoms with Crippen LogP contribution in [0, 0.1) is 6.92 Å². The van der Waals surface area contributed by atoms with E-state index in [1.165, 1.54) is 0 Å². The van der Waals surface area contributed by atoms with Gasteiger partial charge in [0.15, 0.2) is 11.0 Å². The van der Waals surface area contributed by atoms with Crippen LogP contribution in [0.4, 0.5) is 5.69 Å². The van der Waals surface area contributed by atoms with Gasteiger partial charge < -0.3 is 15.0 Å². The van der Waals surface area contributed by atoms with Crippen LogP contribution >= 0.6 is 11.8 Å². The first-order valence-corrected chi connectivity index (χ1v) is 9.08. The third kappa shape index (κ3) is 4.23. The monoisotopic (exact) mass is 368 g/mol. The van der Waals surface area contributed by atoms with Crippen molar-refractivity contribution in [1.29, 1.82) is 0 Å². The fourth-order valence-electron chi connectivity index (χ4n) is 2.61. The Hall–Kier alpha value is -2.80. The lowest BCUT2D eigenvalue weighted by Crippen LogP contribution is -2.07. The van der Waals surface area contributed by atoms with Crippen LogP contribution in [0.15, 0.2) is 47.6 Å². The van der Waals surface area contributed by atoms with Gasteiger partial charge in [-0.2, -0.15) is 0 Å². The molecule has 0 atom stereocenters. The van der Waals surface area contributed by atoms with Crippen molar-refractivity contribution < 1.29 is 9.90 Å². The fourth-order valence-corrected chi connectivity index (χ4v) is 3.14. The van der Waals surface area contributed by atoms with E-state index in [0.29, 0.717) is 11.0 Å². The molecule has 0 aliphatic heterocycles. The summed E-state index contributed by atoms with van der Waals surface area (Å²) in [6.07, 6.45) is 0. The lowest BCUT2D eigenvalue weighted by molar-refractivity contribution is -0.133. The zero-order valence-electron chi connectivity index (χ0n) is 14.9. The van der Waals surface area contributed by atoms with Crippen molar-refractivity contribution in [1.82, 2.24) is 15.2 Å². The van der Waals surface area contributed by atoms with Crippen molar-refractivity contribution in [3.05, 3.63) is 48.0 Å². The van der Waals surface area contributed by atoms with Crippen LogP contribution in [0.3, 0.4) is 0 Å². The third-order valence-electron chi connectivity index (χ3n) is 3.87. The van der Waals surface area contributed by atoms with Gasteiger partial charge in [-0.15, -0.1) is 10.2 Å². The molecule has 0 amide bonds. The summed E-state index contributed by atoms with van der Waals surface area (Å²) in [7, 11) is 4.03. The maximum Gasteiger partial charge on any atom is 0.313 e. The minimum Gasteiger partial charge on any atom is -0.481 e. The van der Waals surface area contributed by atoms with Gasteiger partial charge in [0.2, 0.25) is 0 Å². The Labute approximate surface area is 156 Å². The van der Waals surface area contributed by atoms with E-state index in [9.17, 15) is 4.79 Å². The van der Waals surface area contributed by atoms with Gasteiger partial charge in [-0.3, -0.25) is 4.79 Å². The van der Waals surface area contributed by atoms with Gasteiger partial charge in [-0.25, -0.2) is 0 Å². The number of carbonyl (C=O) groups is 1. The van der Waals surface area contributed by atoms with Crippen molar-refractivity contribution in [2.45, 2.75) is 12.1 Å². The van der Waals surface area contributed by atoms with Crippen molar-refractivity contribution in [2.24, 2.45) is 0 Å². The summed E-state index contributed by atoms with van der Waals surface area (Å²) in [6.45, 7) is 2.04. The van der Waals surface area contributed by atoms with Crippen LogP contribution in [0.1, 0.15) is 5.56 Å². The molecule has 0 radical (unpaired) electrons. The standard InChI is InChI=1S/C19H20N4O2S/c1-12-8-14(13-4-6-16(7-5-13)23(2)3)10-15(9-12)18-20-19(22-21-18)26-11-17(24)25/h4-10H,11H2,1-3H3,(H,24,25)(H,20,21,22). The zero-order chi connectivity index (χ0) is 18.7. The van der Waals surface area contributed by atoms with Crippen molar-refractivity contribution >= 4 is 23.4 Å². The minimum absolute atomic E-state index is 0.0497. The van der Waals surface area contributed by atoms with Crippen molar-refractivity contribution in [3.63, 3.8) is 0 Å². The number of anilines is 1. The molecule has 0 fully saturated rings. The number of aryl methyl sites for hydroxylation is 1. The molecule has 0 spiro atoms. The highest BCUT2D eigenvalue weighted by Gasteiger charge is 2.10. The summed E-state index contributed by atoms with van der Waals surface area (Å²) in [6, 6.07) is 14.6. The molecular formula is C19H20N4O2S. The number of hydrogen-bond donors (Lipinski definition) is 2. The Morgan fingerprint density at radius 2 is 1.77 bits per heavy atom. The molecule has 1 heterocycles. The Morgan fingerprint density at radius 1 is 1.08 bits per heavy atom. The highest BCUT2D eigenvalue weighted by Crippen LogP contribution is 2.28. The number of thioether (sulfide) groups is 1.